The summed E-state index contributed by atoms with van der Waals surface area (Å²) >= 11 is 0. The molecule has 0 heterocycles. The fraction of sp³-hybridized carbons (Fsp3) is 0.250. The molecular weight excluding hydrogens is 160 g/mol. The van der Waals surface area contributed by atoms with Crippen molar-refractivity contribution in [3.05, 3.63) is 25.3 Å². The van der Waals surface area contributed by atoms with Gasteiger partial charge in [-0.25, -0.2) is 0 Å². The molecule has 70 valence electrons. The van der Waals surface area contributed by atoms with Crippen LogP contribution in [0.1, 0.15) is 13.8 Å². The number of allylic oxidation sites excluding steroid dienone is 2. The molecule has 0 bridgehead atoms. The average molecular weight is 174 g/mol. The van der Waals surface area contributed by atoms with Gasteiger partial charge in [0.25, 0.3) is 11.9 Å². The van der Waals surface area contributed by atoms with E-state index in [-0.39, 0.29) is 0 Å². The number of hydrogen-bond donors (Lipinski definition) is 2. The molecule has 0 spiro atoms. The van der Waals surface area contributed by atoms with Crippen LogP contribution in [0.3, 0.4) is 0 Å². The molecule has 0 fully saturated rings. The fourth-order valence-corrected chi connectivity index (χ4v) is 0. The molecule has 0 rings (SSSR count). The first kappa shape index (κ1) is 16.8. The van der Waals surface area contributed by atoms with Crippen LogP contribution in [0.4, 0.5) is 0 Å². The van der Waals surface area contributed by atoms with Crippen molar-refractivity contribution in [3.8, 4) is 0 Å². The van der Waals surface area contributed by atoms with Crippen LogP contribution in [-0.4, -0.2) is 22.2 Å². The van der Waals surface area contributed by atoms with Crippen molar-refractivity contribution in [1.82, 2.24) is 0 Å². The molecule has 0 radical (unpaired) electrons. The first-order chi connectivity index (χ1) is 5.38. The minimum absolute atomic E-state index is 0.833. The third-order valence-corrected chi connectivity index (χ3v) is 0.167. The van der Waals surface area contributed by atoms with E-state index in [1.807, 2.05) is 0 Å². The summed E-state index contributed by atoms with van der Waals surface area (Å²) in [5.74, 6) is -1.67. The summed E-state index contributed by atoms with van der Waals surface area (Å²) in [6, 6.07) is 0. The lowest BCUT2D eigenvalue weighted by Crippen LogP contribution is -1.78. The standard InChI is InChI=1S/C4H6.2C2H4O2/c1-3-4-2;2*1-2(3)4/h3-4H,1-2H2;2*1H3,(H,3,4). The summed E-state index contributed by atoms with van der Waals surface area (Å²) in [7, 11) is 0. The van der Waals surface area contributed by atoms with Crippen molar-refractivity contribution >= 4 is 11.9 Å². The number of aliphatic carboxylic acids is 2. The van der Waals surface area contributed by atoms with Crippen LogP contribution < -0.4 is 0 Å². The molecule has 0 aliphatic rings. The molecule has 2 N–H and O–H groups in total. The lowest BCUT2D eigenvalue weighted by molar-refractivity contribution is -0.135. The highest BCUT2D eigenvalue weighted by Crippen LogP contribution is 1.52. The lowest BCUT2D eigenvalue weighted by Gasteiger charge is -1.59. The second-order valence-corrected chi connectivity index (χ2v) is 1.51. The average Bonchev–Trinajstić information content (AvgIpc) is 1.85. The first-order valence-electron chi connectivity index (χ1n) is 3.01. The first-order valence-corrected chi connectivity index (χ1v) is 3.01. The van der Waals surface area contributed by atoms with Gasteiger partial charge in [0.1, 0.15) is 0 Å². The Kier molecular flexibility index (Phi) is 22.7. The number of carboxylic acid groups (broad SMARTS) is 2. The maximum Gasteiger partial charge on any atom is 0.300 e. The van der Waals surface area contributed by atoms with Crippen molar-refractivity contribution < 1.29 is 19.8 Å². The summed E-state index contributed by atoms with van der Waals surface area (Å²) in [4.78, 5) is 18.0. The van der Waals surface area contributed by atoms with Crippen LogP contribution in [0, 0.1) is 0 Å². The van der Waals surface area contributed by atoms with E-state index in [0.717, 1.165) is 13.8 Å². The summed E-state index contributed by atoms with van der Waals surface area (Å²) in [6.45, 7) is 8.89. The minimum Gasteiger partial charge on any atom is -0.481 e. The van der Waals surface area contributed by atoms with E-state index >= 15 is 0 Å². The SMILES string of the molecule is C=CC=C.CC(=O)O.CC(=O)O. The van der Waals surface area contributed by atoms with Gasteiger partial charge in [-0.15, -0.1) is 0 Å². The van der Waals surface area contributed by atoms with Gasteiger partial charge in [0.05, 0.1) is 0 Å². The number of rotatable bonds is 1. The Balaban J connectivity index is -0.000000101. The second kappa shape index (κ2) is 16.2. The molecule has 0 saturated carbocycles. The molecule has 0 aromatic rings. The van der Waals surface area contributed by atoms with Gasteiger partial charge in [-0.3, -0.25) is 9.59 Å². The van der Waals surface area contributed by atoms with Crippen molar-refractivity contribution in [1.29, 1.82) is 0 Å². The smallest absolute Gasteiger partial charge is 0.300 e. The zero-order valence-corrected chi connectivity index (χ0v) is 7.28. The fourth-order valence-electron chi connectivity index (χ4n) is 0. The summed E-state index contributed by atoms with van der Waals surface area (Å²) in [6.07, 6.45) is 3.28. The zero-order chi connectivity index (χ0) is 10.6. The predicted octanol–water partition coefficient (Wildman–Crippen LogP) is 1.54. The third-order valence-electron chi connectivity index (χ3n) is 0.167. The van der Waals surface area contributed by atoms with Gasteiger partial charge in [-0.05, 0) is 0 Å². The normalized spacial score (nSPS) is 5.83. The molecule has 0 atom stereocenters. The number of carbonyl (C=O) groups is 2. The Bertz CT molecular complexity index is 123. The largest absolute Gasteiger partial charge is 0.481 e. The van der Waals surface area contributed by atoms with E-state index in [1.54, 1.807) is 12.2 Å². The Morgan fingerprint density at radius 2 is 1.08 bits per heavy atom. The van der Waals surface area contributed by atoms with Gasteiger partial charge in [-0.2, -0.15) is 0 Å². The maximum atomic E-state index is 9.00. The quantitative estimate of drug-likeness (QED) is 0.591. The molecule has 0 aromatic heterocycles. The van der Waals surface area contributed by atoms with E-state index in [0.29, 0.717) is 0 Å². The van der Waals surface area contributed by atoms with Gasteiger partial charge in [0.2, 0.25) is 0 Å². The number of carboxylic acids is 2. The second-order valence-electron chi connectivity index (χ2n) is 1.51. The Morgan fingerprint density at radius 1 is 1.00 bits per heavy atom. The molecule has 0 aliphatic heterocycles. The molecule has 0 aliphatic carbocycles. The maximum absolute atomic E-state index is 9.00. The Labute approximate surface area is 71.8 Å². The van der Waals surface area contributed by atoms with E-state index in [9.17, 15) is 0 Å². The van der Waals surface area contributed by atoms with E-state index in [2.05, 4.69) is 13.2 Å². The van der Waals surface area contributed by atoms with Crippen LogP contribution in [0.5, 0.6) is 0 Å². The summed E-state index contributed by atoms with van der Waals surface area (Å²) < 4.78 is 0. The van der Waals surface area contributed by atoms with Crippen molar-refractivity contribution in [2.75, 3.05) is 0 Å². The predicted molar refractivity (Wildman–Crippen MR) is 47.0 cm³/mol. The van der Waals surface area contributed by atoms with Gasteiger partial charge in [0, 0.05) is 13.8 Å². The van der Waals surface area contributed by atoms with Crippen LogP contribution in [0.2, 0.25) is 0 Å². The van der Waals surface area contributed by atoms with Gasteiger partial charge in [-0.1, -0.05) is 25.3 Å². The van der Waals surface area contributed by atoms with Gasteiger partial charge >= 0.3 is 0 Å². The van der Waals surface area contributed by atoms with Crippen molar-refractivity contribution in [2.24, 2.45) is 0 Å². The Morgan fingerprint density at radius 3 is 1.08 bits per heavy atom. The highest BCUT2D eigenvalue weighted by molar-refractivity contribution is 5.63. The highest BCUT2D eigenvalue weighted by atomic mass is 16.4. The molecule has 0 amide bonds. The molecule has 12 heavy (non-hydrogen) atoms. The molecule has 0 unspecified atom stereocenters. The third kappa shape index (κ3) is 1380. The highest BCUT2D eigenvalue weighted by Gasteiger charge is 1.65. The zero-order valence-electron chi connectivity index (χ0n) is 7.28. The van der Waals surface area contributed by atoms with Crippen molar-refractivity contribution in [2.45, 2.75) is 13.8 Å². The number of hydrogen-bond acceptors (Lipinski definition) is 2. The molecular formula is C8H14O4. The van der Waals surface area contributed by atoms with Crippen LogP contribution in [-0.2, 0) is 9.59 Å². The lowest BCUT2D eigenvalue weighted by atomic mass is 10.6. The van der Waals surface area contributed by atoms with Crippen LogP contribution in [0.15, 0.2) is 25.3 Å². The molecule has 4 heteroatoms. The van der Waals surface area contributed by atoms with Crippen molar-refractivity contribution in [3.63, 3.8) is 0 Å². The van der Waals surface area contributed by atoms with Gasteiger partial charge < -0.3 is 10.2 Å². The van der Waals surface area contributed by atoms with E-state index in [4.69, 9.17) is 19.8 Å². The van der Waals surface area contributed by atoms with E-state index in [1.165, 1.54) is 0 Å². The molecule has 0 saturated heterocycles. The van der Waals surface area contributed by atoms with Crippen LogP contribution >= 0.6 is 0 Å². The Hall–Kier alpha value is -1.58. The minimum atomic E-state index is -0.833. The van der Waals surface area contributed by atoms with E-state index < -0.39 is 11.9 Å². The topological polar surface area (TPSA) is 74.6 Å². The van der Waals surface area contributed by atoms with Gasteiger partial charge in [0.15, 0.2) is 0 Å². The summed E-state index contributed by atoms with van der Waals surface area (Å²) in [5, 5.41) is 14.8. The molecule has 4 nitrogen and oxygen atoms in total. The molecule has 0 aromatic carbocycles. The summed E-state index contributed by atoms with van der Waals surface area (Å²) in [5.41, 5.74) is 0. The van der Waals surface area contributed by atoms with Crippen LogP contribution in [0.25, 0.3) is 0 Å². The monoisotopic (exact) mass is 174 g/mol.